The van der Waals surface area contributed by atoms with Crippen LogP contribution < -0.4 is 10.6 Å². The number of ether oxygens (including phenoxy) is 1. The summed E-state index contributed by atoms with van der Waals surface area (Å²) in [7, 11) is 0. The van der Waals surface area contributed by atoms with Gasteiger partial charge in [0.2, 0.25) is 5.91 Å². The minimum absolute atomic E-state index is 0.00185. The summed E-state index contributed by atoms with van der Waals surface area (Å²) in [5.41, 5.74) is 1.83. The Balaban J connectivity index is 1.60. The number of hydrogen-bond donors (Lipinski definition) is 2. The first-order valence-electron chi connectivity index (χ1n) is 7.43. The Morgan fingerprint density at radius 2 is 2.27 bits per heavy atom. The zero-order valence-corrected chi connectivity index (χ0v) is 13.9. The van der Waals surface area contributed by atoms with Crippen LogP contribution in [0.15, 0.2) is 18.2 Å². The molecule has 0 aromatic heterocycles. The second-order valence-corrected chi connectivity index (χ2v) is 6.89. The van der Waals surface area contributed by atoms with Crippen LogP contribution in [-0.2, 0) is 16.1 Å². The Kier molecular flexibility index (Phi) is 5.60. The Morgan fingerprint density at radius 1 is 1.45 bits per heavy atom. The van der Waals surface area contributed by atoms with E-state index in [-0.39, 0.29) is 11.9 Å². The third-order valence-corrected chi connectivity index (χ3v) is 5.14. The van der Waals surface area contributed by atoms with Crippen LogP contribution in [0.1, 0.15) is 5.56 Å². The van der Waals surface area contributed by atoms with E-state index in [4.69, 9.17) is 16.3 Å². The SMILES string of the molecule is O=C(Nc1ccc(CN2CCOCC2)c(Cl)c1)C1CSCN1. The molecule has 2 N–H and O–H groups in total. The summed E-state index contributed by atoms with van der Waals surface area (Å²) >= 11 is 8.10. The second-order valence-electron chi connectivity index (χ2n) is 5.46. The molecule has 1 atom stereocenters. The van der Waals surface area contributed by atoms with Crippen LogP contribution in [0.5, 0.6) is 0 Å². The molecule has 0 radical (unpaired) electrons. The summed E-state index contributed by atoms with van der Waals surface area (Å²) in [5, 5.41) is 6.77. The number of amides is 1. The average Bonchev–Trinajstić information content (AvgIpc) is 3.05. The summed E-state index contributed by atoms with van der Waals surface area (Å²) in [6, 6.07) is 5.63. The van der Waals surface area contributed by atoms with Gasteiger partial charge in [0.05, 0.1) is 19.3 Å². The molecule has 3 rings (SSSR count). The standard InChI is InChI=1S/C15H20ClN3O2S/c16-13-7-12(18-15(20)14-9-22-10-17-14)2-1-11(13)8-19-3-5-21-6-4-19/h1-2,7,14,17H,3-6,8-10H2,(H,18,20). The lowest BCUT2D eigenvalue weighted by atomic mass is 10.1. The third-order valence-electron chi connectivity index (χ3n) is 3.85. The fraction of sp³-hybridized carbons (Fsp3) is 0.533. The molecule has 2 aliphatic rings. The van der Waals surface area contributed by atoms with Gasteiger partial charge in [-0.2, -0.15) is 0 Å². The normalized spacial score (nSPS) is 22.7. The van der Waals surface area contributed by atoms with Gasteiger partial charge in [-0.1, -0.05) is 17.7 Å². The highest BCUT2D eigenvalue weighted by molar-refractivity contribution is 7.99. The smallest absolute Gasteiger partial charge is 0.242 e. The van der Waals surface area contributed by atoms with Gasteiger partial charge in [0, 0.05) is 42.0 Å². The van der Waals surface area contributed by atoms with E-state index in [1.807, 2.05) is 18.2 Å². The maximum Gasteiger partial charge on any atom is 0.242 e. The van der Waals surface area contributed by atoms with E-state index >= 15 is 0 Å². The number of nitrogens with one attached hydrogen (secondary N) is 2. The molecule has 5 nitrogen and oxygen atoms in total. The van der Waals surface area contributed by atoms with Crippen molar-refractivity contribution < 1.29 is 9.53 Å². The lowest BCUT2D eigenvalue weighted by Crippen LogP contribution is -2.37. The van der Waals surface area contributed by atoms with Crippen molar-refractivity contribution in [2.24, 2.45) is 0 Å². The Hall–Kier alpha value is -0.790. The Bertz CT molecular complexity index is 532. The van der Waals surface area contributed by atoms with Crippen LogP contribution in [-0.4, -0.2) is 54.8 Å². The van der Waals surface area contributed by atoms with Gasteiger partial charge in [-0.05, 0) is 17.7 Å². The van der Waals surface area contributed by atoms with Crippen molar-refractivity contribution >= 4 is 35.0 Å². The van der Waals surface area contributed by atoms with Gasteiger partial charge >= 0.3 is 0 Å². The number of rotatable bonds is 4. The zero-order chi connectivity index (χ0) is 15.4. The lowest BCUT2D eigenvalue weighted by molar-refractivity contribution is -0.117. The van der Waals surface area contributed by atoms with Gasteiger partial charge in [-0.25, -0.2) is 0 Å². The number of carbonyl (C=O) groups excluding carboxylic acids is 1. The van der Waals surface area contributed by atoms with Crippen LogP contribution in [0.25, 0.3) is 0 Å². The van der Waals surface area contributed by atoms with Crippen LogP contribution in [0.3, 0.4) is 0 Å². The van der Waals surface area contributed by atoms with Gasteiger partial charge in [0.1, 0.15) is 0 Å². The summed E-state index contributed by atoms with van der Waals surface area (Å²) < 4.78 is 5.35. The van der Waals surface area contributed by atoms with Gasteiger partial charge in [-0.15, -0.1) is 11.8 Å². The number of carbonyl (C=O) groups is 1. The number of thioether (sulfide) groups is 1. The predicted molar refractivity (Wildman–Crippen MR) is 90.4 cm³/mol. The number of hydrogen-bond acceptors (Lipinski definition) is 5. The minimum atomic E-state index is -0.114. The molecule has 7 heteroatoms. The van der Waals surface area contributed by atoms with Gasteiger partial charge < -0.3 is 10.1 Å². The fourth-order valence-corrected chi connectivity index (χ4v) is 3.73. The van der Waals surface area contributed by atoms with Crippen molar-refractivity contribution in [1.82, 2.24) is 10.2 Å². The lowest BCUT2D eigenvalue weighted by Gasteiger charge is -2.27. The van der Waals surface area contributed by atoms with E-state index in [0.29, 0.717) is 5.02 Å². The highest BCUT2D eigenvalue weighted by Crippen LogP contribution is 2.23. The summed E-state index contributed by atoms with van der Waals surface area (Å²) in [6.07, 6.45) is 0. The molecule has 2 saturated heterocycles. The van der Waals surface area contributed by atoms with E-state index in [0.717, 1.165) is 55.7 Å². The molecular formula is C15H20ClN3O2S. The molecule has 120 valence electrons. The van der Waals surface area contributed by atoms with E-state index in [9.17, 15) is 4.79 Å². The van der Waals surface area contributed by atoms with Crippen LogP contribution >= 0.6 is 23.4 Å². The molecule has 1 unspecified atom stereocenters. The van der Waals surface area contributed by atoms with E-state index < -0.39 is 0 Å². The first kappa shape index (κ1) is 16.1. The van der Waals surface area contributed by atoms with Crippen molar-refractivity contribution in [1.29, 1.82) is 0 Å². The van der Waals surface area contributed by atoms with Gasteiger partial charge in [0.15, 0.2) is 0 Å². The monoisotopic (exact) mass is 341 g/mol. The average molecular weight is 342 g/mol. The molecule has 0 bridgehead atoms. The molecule has 1 aromatic carbocycles. The molecule has 0 spiro atoms. The molecule has 2 heterocycles. The van der Waals surface area contributed by atoms with Crippen molar-refractivity contribution in [2.75, 3.05) is 43.2 Å². The molecular weight excluding hydrogens is 322 g/mol. The molecule has 1 amide bonds. The number of morpholine rings is 1. The van der Waals surface area contributed by atoms with Crippen molar-refractivity contribution in [2.45, 2.75) is 12.6 Å². The quantitative estimate of drug-likeness (QED) is 0.874. The number of nitrogens with zero attached hydrogens (tertiary/aromatic N) is 1. The first-order valence-corrected chi connectivity index (χ1v) is 8.96. The van der Waals surface area contributed by atoms with E-state index in [2.05, 4.69) is 15.5 Å². The summed E-state index contributed by atoms with van der Waals surface area (Å²) in [5.74, 6) is 1.65. The van der Waals surface area contributed by atoms with Crippen LogP contribution in [0, 0.1) is 0 Å². The first-order chi connectivity index (χ1) is 10.7. The topological polar surface area (TPSA) is 53.6 Å². The molecule has 2 aliphatic heterocycles. The fourth-order valence-electron chi connectivity index (χ4n) is 2.55. The number of halogens is 1. The van der Waals surface area contributed by atoms with Gasteiger partial charge in [0.25, 0.3) is 0 Å². The van der Waals surface area contributed by atoms with E-state index in [1.54, 1.807) is 11.8 Å². The van der Waals surface area contributed by atoms with Crippen molar-refractivity contribution in [3.8, 4) is 0 Å². The molecule has 22 heavy (non-hydrogen) atoms. The van der Waals surface area contributed by atoms with Crippen molar-refractivity contribution in [3.63, 3.8) is 0 Å². The highest BCUT2D eigenvalue weighted by atomic mass is 35.5. The number of anilines is 1. The van der Waals surface area contributed by atoms with E-state index in [1.165, 1.54) is 0 Å². The Labute approximate surface area is 139 Å². The molecule has 0 saturated carbocycles. The van der Waals surface area contributed by atoms with Gasteiger partial charge in [-0.3, -0.25) is 15.0 Å². The van der Waals surface area contributed by atoms with Crippen molar-refractivity contribution in [3.05, 3.63) is 28.8 Å². The maximum atomic E-state index is 12.1. The summed E-state index contributed by atoms with van der Waals surface area (Å²) in [6.45, 7) is 4.23. The summed E-state index contributed by atoms with van der Waals surface area (Å²) in [4.78, 5) is 14.4. The largest absolute Gasteiger partial charge is 0.379 e. The third kappa shape index (κ3) is 4.14. The second kappa shape index (κ2) is 7.66. The Morgan fingerprint density at radius 3 is 2.95 bits per heavy atom. The molecule has 1 aromatic rings. The number of benzene rings is 1. The predicted octanol–water partition coefficient (Wildman–Crippen LogP) is 1.77. The molecule has 2 fully saturated rings. The molecule has 0 aliphatic carbocycles. The van der Waals surface area contributed by atoms with Crippen LogP contribution in [0.4, 0.5) is 5.69 Å². The highest BCUT2D eigenvalue weighted by Gasteiger charge is 2.22. The van der Waals surface area contributed by atoms with Crippen LogP contribution in [0.2, 0.25) is 5.02 Å². The zero-order valence-electron chi connectivity index (χ0n) is 12.3. The minimum Gasteiger partial charge on any atom is -0.379 e. The maximum absolute atomic E-state index is 12.1.